The third kappa shape index (κ3) is 2.93. The van der Waals surface area contributed by atoms with E-state index in [2.05, 4.69) is 16.8 Å². The van der Waals surface area contributed by atoms with Crippen LogP contribution in [0.15, 0.2) is 18.2 Å². The van der Waals surface area contributed by atoms with Crippen LogP contribution in [0.3, 0.4) is 0 Å². The summed E-state index contributed by atoms with van der Waals surface area (Å²) < 4.78 is 2.11. The summed E-state index contributed by atoms with van der Waals surface area (Å²) >= 11 is 6.03. The van der Waals surface area contributed by atoms with Gasteiger partial charge in [-0.05, 0) is 43.9 Å². The van der Waals surface area contributed by atoms with Gasteiger partial charge < -0.3 is 15.0 Å². The van der Waals surface area contributed by atoms with E-state index in [0.717, 1.165) is 42.7 Å². The lowest BCUT2D eigenvalue weighted by Crippen LogP contribution is -2.30. The quantitative estimate of drug-likeness (QED) is 0.913. The molecule has 3 atom stereocenters. The van der Waals surface area contributed by atoms with Crippen LogP contribution in [0.4, 0.5) is 0 Å². The topological polar surface area (TPSA) is 50.1 Å². The van der Waals surface area contributed by atoms with E-state index in [4.69, 9.17) is 16.6 Å². The van der Waals surface area contributed by atoms with Gasteiger partial charge >= 0.3 is 0 Å². The van der Waals surface area contributed by atoms with E-state index in [1.165, 1.54) is 0 Å². The summed E-state index contributed by atoms with van der Waals surface area (Å²) in [5.74, 6) is 1.37. The monoisotopic (exact) mass is 307 g/mol. The second-order valence-corrected chi connectivity index (χ2v) is 6.49. The molecule has 0 amide bonds. The molecule has 1 fully saturated rings. The van der Waals surface area contributed by atoms with Crippen molar-refractivity contribution < 1.29 is 5.11 Å². The van der Waals surface area contributed by atoms with Crippen molar-refractivity contribution in [1.82, 2.24) is 14.9 Å². The summed E-state index contributed by atoms with van der Waals surface area (Å²) in [6.45, 7) is 2.95. The Balaban J connectivity index is 1.75. The third-order valence-electron chi connectivity index (χ3n) is 4.57. The maximum Gasteiger partial charge on any atom is 0.126 e. The van der Waals surface area contributed by atoms with E-state index in [0.29, 0.717) is 10.9 Å². The van der Waals surface area contributed by atoms with Crippen molar-refractivity contribution in [3.63, 3.8) is 0 Å². The van der Waals surface area contributed by atoms with Crippen molar-refractivity contribution in [2.45, 2.75) is 38.3 Å². The molecule has 0 aliphatic heterocycles. The molecule has 1 aromatic carbocycles. The molecule has 0 radical (unpaired) electrons. The van der Waals surface area contributed by atoms with Crippen molar-refractivity contribution >= 4 is 22.6 Å². The lowest BCUT2D eigenvalue weighted by molar-refractivity contribution is 0.130. The molecule has 0 bridgehead atoms. The number of halogens is 1. The highest BCUT2D eigenvalue weighted by Gasteiger charge is 2.25. The number of nitrogens with zero attached hydrogens (tertiary/aromatic N) is 2. The van der Waals surface area contributed by atoms with Gasteiger partial charge in [0.15, 0.2) is 0 Å². The molecule has 114 valence electrons. The average molecular weight is 308 g/mol. The molecule has 5 heteroatoms. The summed E-state index contributed by atoms with van der Waals surface area (Å²) in [7, 11) is 2.03. The molecular weight excluding hydrogens is 286 g/mol. The van der Waals surface area contributed by atoms with Gasteiger partial charge in [0.05, 0.1) is 23.2 Å². The molecular formula is C16H22ClN3O. The van der Waals surface area contributed by atoms with Crippen LogP contribution in [0, 0.1) is 5.92 Å². The van der Waals surface area contributed by atoms with Gasteiger partial charge in [-0.1, -0.05) is 18.0 Å². The number of nitrogens with one attached hydrogen (secondary N) is 1. The summed E-state index contributed by atoms with van der Waals surface area (Å²) in [5.41, 5.74) is 2.01. The first-order valence-electron chi connectivity index (χ1n) is 7.59. The normalized spacial score (nSPS) is 23.8. The van der Waals surface area contributed by atoms with E-state index in [1.807, 2.05) is 25.2 Å². The second-order valence-electron chi connectivity index (χ2n) is 6.05. The molecule has 1 aliphatic rings. The Morgan fingerprint density at radius 2 is 2.29 bits per heavy atom. The van der Waals surface area contributed by atoms with E-state index in [9.17, 15) is 5.11 Å². The van der Waals surface area contributed by atoms with Gasteiger partial charge in [-0.15, -0.1) is 0 Å². The number of fused-ring (bicyclic) bond motifs is 1. The highest BCUT2D eigenvalue weighted by atomic mass is 35.5. The predicted molar refractivity (Wildman–Crippen MR) is 85.5 cm³/mol. The number of hydrogen-bond donors (Lipinski definition) is 2. The lowest BCUT2D eigenvalue weighted by Gasteiger charge is -2.19. The van der Waals surface area contributed by atoms with Gasteiger partial charge in [-0.3, -0.25) is 0 Å². The zero-order valence-corrected chi connectivity index (χ0v) is 13.3. The zero-order chi connectivity index (χ0) is 15.0. The molecule has 4 nitrogen and oxygen atoms in total. The van der Waals surface area contributed by atoms with Crippen LogP contribution in [-0.2, 0) is 7.05 Å². The number of aromatic nitrogens is 2. The summed E-state index contributed by atoms with van der Waals surface area (Å²) in [6.07, 6.45) is 3.03. The first-order valence-corrected chi connectivity index (χ1v) is 7.97. The molecule has 0 saturated heterocycles. The Morgan fingerprint density at radius 1 is 1.48 bits per heavy atom. The van der Waals surface area contributed by atoms with Crippen molar-refractivity contribution in [3.8, 4) is 0 Å². The summed E-state index contributed by atoms with van der Waals surface area (Å²) in [5, 5.41) is 14.1. The van der Waals surface area contributed by atoms with E-state index >= 15 is 0 Å². The number of hydrogen-bond acceptors (Lipinski definition) is 3. The van der Waals surface area contributed by atoms with Crippen LogP contribution < -0.4 is 5.32 Å². The van der Waals surface area contributed by atoms with Crippen LogP contribution in [0.2, 0.25) is 5.02 Å². The Kier molecular flexibility index (Phi) is 4.20. The number of aliphatic hydroxyl groups excluding tert-OH is 1. The summed E-state index contributed by atoms with van der Waals surface area (Å²) in [4.78, 5) is 4.69. The number of rotatable bonds is 4. The minimum Gasteiger partial charge on any atom is -0.393 e. The average Bonchev–Trinajstić information content (AvgIpc) is 3.00. The van der Waals surface area contributed by atoms with Gasteiger partial charge in [0.2, 0.25) is 0 Å². The molecule has 21 heavy (non-hydrogen) atoms. The number of aliphatic hydroxyl groups is 1. The second kappa shape index (κ2) is 5.95. The molecule has 1 aliphatic carbocycles. The lowest BCUT2D eigenvalue weighted by atomic mass is 10.1. The molecule has 3 rings (SSSR count). The minimum atomic E-state index is -0.149. The first-order chi connectivity index (χ1) is 10.1. The third-order valence-corrected chi connectivity index (χ3v) is 4.81. The molecule has 1 aromatic heterocycles. The fourth-order valence-electron chi connectivity index (χ4n) is 3.25. The Labute approximate surface area is 130 Å². The Hall–Kier alpha value is -1.10. The van der Waals surface area contributed by atoms with E-state index in [1.54, 1.807) is 0 Å². The number of aryl methyl sites for hydroxylation is 1. The van der Waals surface area contributed by atoms with Gasteiger partial charge in [-0.25, -0.2) is 4.98 Å². The zero-order valence-electron chi connectivity index (χ0n) is 12.5. The van der Waals surface area contributed by atoms with Crippen molar-refractivity contribution in [2.24, 2.45) is 13.0 Å². The van der Waals surface area contributed by atoms with Crippen molar-refractivity contribution in [2.75, 3.05) is 6.54 Å². The van der Waals surface area contributed by atoms with Gasteiger partial charge in [-0.2, -0.15) is 0 Å². The molecule has 1 heterocycles. The van der Waals surface area contributed by atoms with Gasteiger partial charge in [0, 0.05) is 18.6 Å². The molecule has 0 spiro atoms. The van der Waals surface area contributed by atoms with E-state index in [-0.39, 0.29) is 12.1 Å². The molecule has 2 N–H and O–H groups in total. The largest absolute Gasteiger partial charge is 0.393 e. The Bertz CT molecular complexity index is 640. The molecule has 1 saturated carbocycles. The van der Waals surface area contributed by atoms with Crippen LogP contribution in [0.1, 0.15) is 38.1 Å². The van der Waals surface area contributed by atoms with Crippen LogP contribution in [0.5, 0.6) is 0 Å². The fourth-order valence-corrected chi connectivity index (χ4v) is 3.42. The van der Waals surface area contributed by atoms with Gasteiger partial charge in [0.1, 0.15) is 5.82 Å². The van der Waals surface area contributed by atoms with E-state index < -0.39 is 0 Å². The van der Waals surface area contributed by atoms with Crippen LogP contribution in [0.25, 0.3) is 11.0 Å². The number of imidazole rings is 1. The Morgan fingerprint density at radius 3 is 3.00 bits per heavy atom. The highest BCUT2D eigenvalue weighted by Crippen LogP contribution is 2.26. The summed E-state index contributed by atoms with van der Waals surface area (Å²) in [6, 6.07) is 5.94. The van der Waals surface area contributed by atoms with Crippen molar-refractivity contribution in [1.29, 1.82) is 0 Å². The minimum absolute atomic E-state index is 0.147. The number of benzene rings is 1. The SMILES string of the molecule is C[C@H](NC[C@@H]1CCC[C@@H]1O)c1nc2cc(Cl)ccc2n1C. The maximum absolute atomic E-state index is 9.90. The van der Waals surface area contributed by atoms with Gasteiger partial charge in [0.25, 0.3) is 0 Å². The molecule has 2 aromatic rings. The van der Waals surface area contributed by atoms with Crippen LogP contribution in [-0.4, -0.2) is 27.3 Å². The highest BCUT2D eigenvalue weighted by molar-refractivity contribution is 6.31. The smallest absolute Gasteiger partial charge is 0.126 e. The fraction of sp³-hybridized carbons (Fsp3) is 0.562. The standard InChI is InChI=1S/C16H22ClN3O/c1-10(18-9-11-4-3-5-15(11)21)16-19-13-8-12(17)6-7-14(13)20(16)2/h6-8,10-11,15,18,21H,3-5,9H2,1-2H3/t10-,11-,15-/m0/s1. The van der Waals surface area contributed by atoms with Crippen LogP contribution >= 0.6 is 11.6 Å². The maximum atomic E-state index is 9.90. The first kappa shape index (κ1) is 14.8. The van der Waals surface area contributed by atoms with Crippen molar-refractivity contribution in [3.05, 3.63) is 29.0 Å². The molecule has 0 unspecified atom stereocenters. The predicted octanol–water partition coefficient (Wildman–Crippen LogP) is 3.04.